The largest absolute Gasteiger partial charge is 0.467 e. The molecule has 0 spiro atoms. The van der Waals surface area contributed by atoms with Gasteiger partial charge < -0.3 is 15.0 Å². The van der Waals surface area contributed by atoms with Crippen LogP contribution < -0.4 is 5.32 Å². The Morgan fingerprint density at radius 1 is 1.41 bits per heavy atom. The standard InChI is InChI=1S/C16H28N2O4/c1-7-10(2)13(15(21)22-6)18-11(8-9-12(18)19)14(20)17-16(3,4)5/h10-11,13H,7-9H2,1-6H3,(H,17,20)/t10?,11-,13-/m0/s1. The molecule has 3 atom stereocenters. The second-order valence-corrected chi connectivity index (χ2v) is 6.95. The molecule has 1 fully saturated rings. The van der Waals surface area contributed by atoms with Crippen molar-refractivity contribution in [3.05, 3.63) is 0 Å². The number of amides is 2. The Hall–Kier alpha value is -1.59. The van der Waals surface area contributed by atoms with Crippen molar-refractivity contribution >= 4 is 17.8 Å². The normalized spacial score (nSPS) is 21.5. The smallest absolute Gasteiger partial charge is 0.328 e. The second-order valence-electron chi connectivity index (χ2n) is 6.95. The zero-order chi connectivity index (χ0) is 17.1. The van der Waals surface area contributed by atoms with Crippen LogP contribution in [0.1, 0.15) is 53.9 Å². The highest BCUT2D eigenvalue weighted by Crippen LogP contribution is 2.27. The number of nitrogens with zero attached hydrogens (tertiary/aromatic N) is 1. The van der Waals surface area contributed by atoms with Crippen LogP contribution in [0.15, 0.2) is 0 Å². The molecule has 6 heteroatoms. The zero-order valence-electron chi connectivity index (χ0n) is 14.4. The van der Waals surface area contributed by atoms with Crippen molar-refractivity contribution in [2.45, 2.75) is 71.5 Å². The molecule has 1 heterocycles. The van der Waals surface area contributed by atoms with Crippen LogP contribution in [0.25, 0.3) is 0 Å². The van der Waals surface area contributed by atoms with Crippen LogP contribution in [0, 0.1) is 5.92 Å². The Labute approximate surface area is 132 Å². The number of carbonyl (C=O) groups excluding carboxylic acids is 3. The molecule has 1 aliphatic rings. The summed E-state index contributed by atoms with van der Waals surface area (Å²) in [5.74, 6) is -0.905. The summed E-state index contributed by atoms with van der Waals surface area (Å²) >= 11 is 0. The number of methoxy groups -OCH3 is 1. The lowest BCUT2D eigenvalue weighted by molar-refractivity contribution is -0.156. The van der Waals surface area contributed by atoms with Gasteiger partial charge in [0.25, 0.3) is 0 Å². The van der Waals surface area contributed by atoms with Gasteiger partial charge in [0.2, 0.25) is 11.8 Å². The lowest BCUT2D eigenvalue weighted by Crippen LogP contribution is -2.56. The topological polar surface area (TPSA) is 75.7 Å². The number of esters is 1. The number of rotatable bonds is 5. The third-order valence-corrected chi connectivity index (χ3v) is 3.98. The van der Waals surface area contributed by atoms with Crippen LogP contribution in [0.4, 0.5) is 0 Å². The zero-order valence-corrected chi connectivity index (χ0v) is 14.4. The SMILES string of the molecule is CCC(C)[C@@H](C(=O)OC)N1C(=O)CC[C@H]1C(=O)NC(C)(C)C. The molecule has 1 rings (SSSR count). The van der Waals surface area contributed by atoms with E-state index in [0.29, 0.717) is 6.42 Å². The van der Waals surface area contributed by atoms with Crippen molar-refractivity contribution in [2.24, 2.45) is 5.92 Å². The third kappa shape index (κ3) is 4.21. The molecule has 1 saturated heterocycles. The van der Waals surface area contributed by atoms with Gasteiger partial charge in [-0.05, 0) is 33.1 Å². The first kappa shape index (κ1) is 18.5. The minimum Gasteiger partial charge on any atom is -0.467 e. The van der Waals surface area contributed by atoms with Crippen LogP contribution in [0.5, 0.6) is 0 Å². The van der Waals surface area contributed by atoms with Crippen LogP contribution in [0.2, 0.25) is 0 Å². The van der Waals surface area contributed by atoms with Crippen molar-refractivity contribution in [1.82, 2.24) is 10.2 Å². The van der Waals surface area contributed by atoms with Crippen molar-refractivity contribution < 1.29 is 19.1 Å². The monoisotopic (exact) mass is 312 g/mol. The molecule has 1 N–H and O–H groups in total. The number of ether oxygens (including phenoxy) is 1. The van der Waals surface area contributed by atoms with E-state index in [-0.39, 0.29) is 29.7 Å². The minimum absolute atomic E-state index is 0.0700. The maximum absolute atomic E-state index is 12.5. The molecule has 22 heavy (non-hydrogen) atoms. The molecule has 2 amide bonds. The van der Waals surface area contributed by atoms with Crippen molar-refractivity contribution in [3.63, 3.8) is 0 Å². The second kappa shape index (κ2) is 7.11. The summed E-state index contributed by atoms with van der Waals surface area (Å²) in [7, 11) is 1.31. The highest BCUT2D eigenvalue weighted by molar-refractivity contribution is 5.94. The molecule has 0 saturated carbocycles. The maximum Gasteiger partial charge on any atom is 0.328 e. The van der Waals surface area contributed by atoms with Gasteiger partial charge in [-0.3, -0.25) is 9.59 Å². The summed E-state index contributed by atoms with van der Waals surface area (Å²) in [6.45, 7) is 9.51. The van der Waals surface area contributed by atoms with E-state index in [1.807, 2.05) is 34.6 Å². The summed E-state index contributed by atoms with van der Waals surface area (Å²) in [6.07, 6.45) is 1.44. The Morgan fingerprint density at radius 2 is 2.00 bits per heavy atom. The lowest BCUT2D eigenvalue weighted by atomic mass is 9.96. The van der Waals surface area contributed by atoms with E-state index in [1.54, 1.807) is 0 Å². The Morgan fingerprint density at radius 3 is 2.45 bits per heavy atom. The van der Waals surface area contributed by atoms with Gasteiger partial charge in [0.05, 0.1) is 7.11 Å². The molecular formula is C16H28N2O4. The van der Waals surface area contributed by atoms with Gasteiger partial charge in [-0.1, -0.05) is 20.3 Å². The third-order valence-electron chi connectivity index (χ3n) is 3.98. The van der Waals surface area contributed by atoms with E-state index in [0.717, 1.165) is 6.42 Å². The van der Waals surface area contributed by atoms with E-state index >= 15 is 0 Å². The van der Waals surface area contributed by atoms with E-state index in [2.05, 4.69) is 5.32 Å². The fraction of sp³-hybridized carbons (Fsp3) is 0.812. The van der Waals surface area contributed by atoms with Crippen molar-refractivity contribution in [1.29, 1.82) is 0 Å². The van der Waals surface area contributed by atoms with Crippen LogP contribution in [0.3, 0.4) is 0 Å². The van der Waals surface area contributed by atoms with Gasteiger partial charge in [0.1, 0.15) is 12.1 Å². The predicted octanol–water partition coefficient (Wildman–Crippen LogP) is 1.48. The van der Waals surface area contributed by atoms with Crippen LogP contribution >= 0.6 is 0 Å². The average Bonchev–Trinajstić information content (AvgIpc) is 2.79. The van der Waals surface area contributed by atoms with Gasteiger partial charge in [-0.15, -0.1) is 0 Å². The van der Waals surface area contributed by atoms with Gasteiger partial charge in [0, 0.05) is 12.0 Å². The Bertz CT molecular complexity index is 442. The van der Waals surface area contributed by atoms with E-state index < -0.39 is 18.1 Å². The fourth-order valence-corrected chi connectivity index (χ4v) is 2.73. The molecule has 6 nitrogen and oxygen atoms in total. The van der Waals surface area contributed by atoms with Gasteiger partial charge in [0.15, 0.2) is 0 Å². The van der Waals surface area contributed by atoms with Crippen LogP contribution in [-0.2, 0) is 19.1 Å². The number of likely N-dealkylation sites (tertiary alicyclic amines) is 1. The van der Waals surface area contributed by atoms with Gasteiger partial charge >= 0.3 is 5.97 Å². The predicted molar refractivity (Wildman–Crippen MR) is 83.0 cm³/mol. The first-order chi connectivity index (χ1) is 10.1. The molecule has 1 unspecified atom stereocenters. The number of carbonyl (C=O) groups is 3. The number of nitrogens with one attached hydrogen (secondary N) is 1. The molecule has 0 aromatic rings. The molecule has 0 aliphatic carbocycles. The molecule has 0 aromatic carbocycles. The summed E-state index contributed by atoms with van der Waals surface area (Å²) in [5, 5.41) is 2.90. The molecule has 1 aliphatic heterocycles. The van der Waals surface area contributed by atoms with E-state index in [1.165, 1.54) is 12.0 Å². The first-order valence-electron chi connectivity index (χ1n) is 7.83. The number of hydrogen-bond donors (Lipinski definition) is 1. The Balaban J connectivity index is 3.06. The molecule has 126 valence electrons. The molecular weight excluding hydrogens is 284 g/mol. The van der Waals surface area contributed by atoms with Gasteiger partial charge in [-0.25, -0.2) is 4.79 Å². The van der Waals surface area contributed by atoms with E-state index in [9.17, 15) is 14.4 Å². The molecule has 0 bridgehead atoms. The summed E-state index contributed by atoms with van der Waals surface area (Å²) in [4.78, 5) is 38.3. The molecule has 0 aromatic heterocycles. The number of hydrogen-bond acceptors (Lipinski definition) is 4. The van der Waals surface area contributed by atoms with Crippen molar-refractivity contribution in [2.75, 3.05) is 7.11 Å². The summed E-state index contributed by atoms with van der Waals surface area (Å²) in [6, 6.07) is -1.31. The van der Waals surface area contributed by atoms with Gasteiger partial charge in [-0.2, -0.15) is 0 Å². The maximum atomic E-state index is 12.5. The highest BCUT2D eigenvalue weighted by Gasteiger charge is 2.45. The fourth-order valence-electron chi connectivity index (χ4n) is 2.73. The summed E-state index contributed by atoms with van der Waals surface area (Å²) in [5.41, 5.74) is -0.383. The Kier molecular flexibility index (Phi) is 5.97. The highest BCUT2D eigenvalue weighted by atomic mass is 16.5. The quantitative estimate of drug-likeness (QED) is 0.780. The van der Waals surface area contributed by atoms with Crippen molar-refractivity contribution in [3.8, 4) is 0 Å². The lowest BCUT2D eigenvalue weighted by Gasteiger charge is -2.35. The molecule has 0 radical (unpaired) electrons. The summed E-state index contributed by atoms with van der Waals surface area (Å²) < 4.78 is 4.86. The van der Waals surface area contributed by atoms with Crippen LogP contribution in [-0.4, -0.2) is 47.4 Å². The van der Waals surface area contributed by atoms with E-state index in [4.69, 9.17) is 4.74 Å². The minimum atomic E-state index is -0.708. The first-order valence-corrected chi connectivity index (χ1v) is 7.83. The average molecular weight is 312 g/mol.